The summed E-state index contributed by atoms with van der Waals surface area (Å²) in [5.41, 5.74) is -0.490. The van der Waals surface area contributed by atoms with Gasteiger partial charge in [0.05, 0.1) is 11.6 Å². The number of hydrogen-bond acceptors (Lipinski definition) is 5. The number of carbonyl (C=O) groups excluding carboxylic acids is 2. The van der Waals surface area contributed by atoms with Crippen LogP contribution in [0.15, 0.2) is 6.07 Å². The lowest BCUT2D eigenvalue weighted by atomic mass is 9.90. The molecule has 0 saturated heterocycles. The minimum absolute atomic E-state index is 0.0519. The lowest BCUT2D eigenvalue weighted by Crippen LogP contribution is -2.50. The van der Waals surface area contributed by atoms with Gasteiger partial charge in [0.2, 0.25) is 0 Å². The molecule has 0 aliphatic heterocycles. The number of ether oxygens (including phenoxy) is 1. The molecule has 6 heteroatoms. The summed E-state index contributed by atoms with van der Waals surface area (Å²) in [4.78, 5) is 25.6. The molecule has 0 spiro atoms. The van der Waals surface area contributed by atoms with Crippen molar-refractivity contribution < 1.29 is 14.3 Å². The Morgan fingerprint density at radius 1 is 1.48 bits per heavy atom. The van der Waals surface area contributed by atoms with Crippen LogP contribution in [0.3, 0.4) is 0 Å². The molecule has 0 aromatic carbocycles. The Hall–Kier alpha value is -1.87. The molecule has 1 aromatic heterocycles. The highest BCUT2D eigenvalue weighted by Crippen LogP contribution is 2.21. The SMILES string of the molecule is Cc1cc(C(=O)OCC(=O)N[C@](C)(C#N)C(C)C)c(C)s1. The van der Waals surface area contributed by atoms with Gasteiger partial charge in [-0.3, -0.25) is 4.79 Å². The number of nitriles is 1. The third-order valence-corrected chi connectivity index (χ3v) is 4.35. The van der Waals surface area contributed by atoms with Crippen molar-refractivity contribution in [3.8, 4) is 6.07 Å². The summed E-state index contributed by atoms with van der Waals surface area (Å²) in [5.74, 6) is -1.05. The summed E-state index contributed by atoms with van der Waals surface area (Å²) in [6.07, 6.45) is 0. The molecule has 1 atom stereocenters. The molecule has 1 amide bonds. The molecule has 0 unspecified atom stereocenters. The highest BCUT2D eigenvalue weighted by Gasteiger charge is 2.30. The first-order valence-corrected chi connectivity index (χ1v) is 7.47. The zero-order chi connectivity index (χ0) is 16.2. The van der Waals surface area contributed by atoms with Crippen LogP contribution in [0.25, 0.3) is 0 Å². The second kappa shape index (κ2) is 6.72. The zero-order valence-electron chi connectivity index (χ0n) is 12.9. The van der Waals surface area contributed by atoms with Gasteiger partial charge in [-0.1, -0.05) is 13.8 Å². The third-order valence-electron chi connectivity index (χ3n) is 3.38. The Bertz CT molecular complexity index is 586. The van der Waals surface area contributed by atoms with E-state index in [2.05, 4.69) is 11.4 Å². The van der Waals surface area contributed by atoms with Crippen molar-refractivity contribution in [1.29, 1.82) is 5.26 Å². The largest absolute Gasteiger partial charge is 0.452 e. The van der Waals surface area contributed by atoms with Gasteiger partial charge in [-0.2, -0.15) is 5.26 Å². The summed E-state index contributed by atoms with van der Waals surface area (Å²) in [6, 6.07) is 3.81. The lowest BCUT2D eigenvalue weighted by Gasteiger charge is -2.27. The molecule has 1 N–H and O–H groups in total. The van der Waals surface area contributed by atoms with Crippen molar-refractivity contribution in [1.82, 2.24) is 5.32 Å². The van der Waals surface area contributed by atoms with Gasteiger partial charge in [0.25, 0.3) is 5.91 Å². The number of esters is 1. The quantitative estimate of drug-likeness (QED) is 0.848. The third kappa shape index (κ3) is 4.30. The number of nitrogens with zero attached hydrogens (tertiary/aromatic N) is 1. The van der Waals surface area contributed by atoms with E-state index in [4.69, 9.17) is 10.00 Å². The number of carbonyl (C=O) groups is 2. The van der Waals surface area contributed by atoms with Crippen LogP contribution in [-0.4, -0.2) is 24.0 Å². The number of aryl methyl sites for hydroxylation is 2. The first-order chi connectivity index (χ1) is 9.69. The molecule has 21 heavy (non-hydrogen) atoms. The normalized spacial score (nSPS) is 13.4. The van der Waals surface area contributed by atoms with Crippen molar-refractivity contribution in [2.45, 2.75) is 40.2 Å². The summed E-state index contributed by atoms with van der Waals surface area (Å²) >= 11 is 1.50. The number of amides is 1. The van der Waals surface area contributed by atoms with Crippen molar-refractivity contribution >= 4 is 23.2 Å². The fraction of sp³-hybridized carbons (Fsp3) is 0.533. The zero-order valence-corrected chi connectivity index (χ0v) is 13.8. The number of thiophene rings is 1. The van der Waals surface area contributed by atoms with Crippen LogP contribution in [-0.2, 0) is 9.53 Å². The fourth-order valence-corrected chi connectivity index (χ4v) is 2.58. The molecule has 0 bridgehead atoms. The van der Waals surface area contributed by atoms with E-state index in [1.165, 1.54) is 11.3 Å². The summed E-state index contributed by atoms with van der Waals surface area (Å²) in [6.45, 7) is 8.67. The Morgan fingerprint density at radius 3 is 2.52 bits per heavy atom. The molecule has 114 valence electrons. The van der Waals surface area contributed by atoms with Crippen molar-refractivity contribution in [3.63, 3.8) is 0 Å². The highest BCUT2D eigenvalue weighted by atomic mass is 32.1. The average molecular weight is 308 g/mol. The first-order valence-electron chi connectivity index (χ1n) is 6.66. The van der Waals surface area contributed by atoms with Gasteiger partial charge < -0.3 is 10.1 Å². The molecule has 0 radical (unpaired) electrons. The Labute approximate surface area is 128 Å². The van der Waals surface area contributed by atoms with Gasteiger partial charge in [0.15, 0.2) is 6.61 Å². The predicted molar refractivity (Wildman–Crippen MR) is 81.1 cm³/mol. The Morgan fingerprint density at radius 2 is 2.10 bits per heavy atom. The van der Waals surface area contributed by atoms with Crippen LogP contribution in [0.4, 0.5) is 0 Å². The van der Waals surface area contributed by atoms with Crippen LogP contribution in [0.1, 0.15) is 40.9 Å². The van der Waals surface area contributed by atoms with E-state index in [0.29, 0.717) is 5.56 Å². The summed E-state index contributed by atoms with van der Waals surface area (Å²) in [7, 11) is 0. The van der Waals surface area contributed by atoms with E-state index in [9.17, 15) is 9.59 Å². The second-order valence-electron chi connectivity index (χ2n) is 5.42. The first kappa shape index (κ1) is 17.2. The van der Waals surface area contributed by atoms with Crippen molar-refractivity contribution in [2.75, 3.05) is 6.61 Å². The van der Waals surface area contributed by atoms with E-state index in [1.54, 1.807) is 13.0 Å². The van der Waals surface area contributed by atoms with Crippen LogP contribution < -0.4 is 5.32 Å². The monoisotopic (exact) mass is 308 g/mol. The molecule has 1 heterocycles. The molecule has 1 aromatic rings. The van der Waals surface area contributed by atoms with E-state index < -0.39 is 24.0 Å². The minimum atomic E-state index is -0.974. The van der Waals surface area contributed by atoms with E-state index >= 15 is 0 Å². The molecular weight excluding hydrogens is 288 g/mol. The molecule has 0 aliphatic rings. The summed E-state index contributed by atoms with van der Waals surface area (Å²) < 4.78 is 5.00. The van der Waals surface area contributed by atoms with Gasteiger partial charge in [-0.05, 0) is 32.8 Å². The van der Waals surface area contributed by atoms with E-state index in [0.717, 1.165) is 9.75 Å². The second-order valence-corrected chi connectivity index (χ2v) is 6.88. The predicted octanol–water partition coefficient (Wildman–Crippen LogP) is 2.58. The van der Waals surface area contributed by atoms with Gasteiger partial charge >= 0.3 is 5.97 Å². The van der Waals surface area contributed by atoms with Crippen LogP contribution in [0.2, 0.25) is 0 Å². The molecule has 5 nitrogen and oxygen atoms in total. The van der Waals surface area contributed by atoms with Gasteiger partial charge in [-0.15, -0.1) is 11.3 Å². The smallest absolute Gasteiger partial charge is 0.339 e. The van der Waals surface area contributed by atoms with Crippen molar-refractivity contribution in [2.24, 2.45) is 5.92 Å². The van der Waals surface area contributed by atoms with Crippen LogP contribution in [0, 0.1) is 31.1 Å². The van der Waals surface area contributed by atoms with E-state index in [-0.39, 0.29) is 5.92 Å². The molecule has 0 aliphatic carbocycles. The summed E-state index contributed by atoms with van der Waals surface area (Å²) in [5, 5.41) is 11.7. The maximum Gasteiger partial charge on any atom is 0.339 e. The molecular formula is C15H20N2O3S. The Kier molecular flexibility index (Phi) is 5.50. The lowest BCUT2D eigenvalue weighted by molar-refractivity contribution is -0.125. The van der Waals surface area contributed by atoms with Crippen LogP contribution in [0.5, 0.6) is 0 Å². The number of nitrogens with one attached hydrogen (secondary N) is 1. The number of rotatable bonds is 5. The van der Waals surface area contributed by atoms with Gasteiger partial charge in [-0.25, -0.2) is 4.79 Å². The topological polar surface area (TPSA) is 79.2 Å². The minimum Gasteiger partial charge on any atom is -0.452 e. The maximum atomic E-state index is 11.9. The standard InChI is InChI=1S/C15H20N2O3S/c1-9(2)15(5,8-16)17-13(18)7-20-14(19)12-6-10(3)21-11(12)4/h6,9H,7H2,1-5H3,(H,17,18)/t15-/m1/s1. The molecule has 1 rings (SSSR count). The average Bonchev–Trinajstić information content (AvgIpc) is 2.74. The maximum absolute atomic E-state index is 11.9. The molecule has 0 fully saturated rings. The highest BCUT2D eigenvalue weighted by molar-refractivity contribution is 7.12. The van der Waals surface area contributed by atoms with Gasteiger partial charge in [0, 0.05) is 9.75 Å². The van der Waals surface area contributed by atoms with E-state index in [1.807, 2.05) is 27.7 Å². The molecule has 0 saturated carbocycles. The van der Waals surface area contributed by atoms with Crippen LogP contribution >= 0.6 is 11.3 Å². The van der Waals surface area contributed by atoms with Gasteiger partial charge in [0.1, 0.15) is 5.54 Å². The Balaban J connectivity index is 2.60. The fourth-order valence-electron chi connectivity index (χ4n) is 1.67. The van der Waals surface area contributed by atoms with Crippen molar-refractivity contribution in [3.05, 3.63) is 21.4 Å². The number of hydrogen-bond donors (Lipinski definition) is 1.